The molecule has 0 bridgehead atoms. The van der Waals surface area contributed by atoms with Crippen LogP contribution in [0, 0.1) is 5.92 Å². The van der Waals surface area contributed by atoms with Crippen LogP contribution in [0.1, 0.15) is 40.0 Å². The molecule has 1 saturated carbocycles. The summed E-state index contributed by atoms with van der Waals surface area (Å²) in [6.07, 6.45) is 2.75. The van der Waals surface area contributed by atoms with E-state index in [1.807, 2.05) is 0 Å². The summed E-state index contributed by atoms with van der Waals surface area (Å²) in [6, 6.07) is 0. The van der Waals surface area contributed by atoms with Crippen molar-refractivity contribution in [2.45, 2.75) is 45.6 Å². The molecule has 13 heavy (non-hydrogen) atoms. The number of ether oxygens (including phenoxy) is 1. The Hall–Kier alpha value is -0.860. The highest BCUT2D eigenvalue weighted by molar-refractivity contribution is 6.34. The zero-order valence-corrected chi connectivity index (χ0v) is 8.42. The lowest BCUT2D eigenvalue weighted by molar-refractivity contribution is -0.165. The van der Waals surface area contributed by atoms with Crippen LogP contribution >= 0.6 is 0 Å². The third-order valence-electron chi connectivity index (χ3n) is 2.08. The van der Waals surface area contributed by atoms with E-state index in [1.165, 1.54) is 0 Å². The zero-order valence-electron chi connectivity index (χ0n) is 8.42. The summed E-state index contributed by atoms with van der Waals surface area (Å²) < 4.78 is 4.97. The van der Waals surface area contributed by atoms with Gasteiger partial charge in [0, 0.05) is 5.92 Å². The molecule has 1 aliphatic rings. The van der Waals surface area contributed by atoms with Crippen molar-refractivity contribution < 1.29 is 14.3 Å². The van der Waals surface area contributed by atoms with Crippen LogP contribution in [0.2, 0.25) is 0 Å². The highest BCUT2D eigenvalue weighted by Gasteiger charge is 2.33. The number of carbonyl (C=O) groups excluding carboxylic acids is 2. The van der Waals surface area contributed by atoms with Gasteiger partial charge in [0.1, 0.15) is 5.60 Å². The van der Waals surface area contributed by atoms with Crippen molar-refractivity contribution in [2.75, 3.05) is 0 Å². The fourth-order valence-corrected chi connectivity index (χ4v) is 1.17. The van der Waals surface area contributed by atoms with E-state index >= 15 is 0 Å². The Morgan fingerprint density at radius 2 is 1.77 bits per heavy atom. The molecule has 0 heterocycles. The Kier molecular flexibility index (Phi) is 2.74. The molecule has 74 valence electrons. The Morgan fingerprint density at radius 1 is 1.23 bits per heavy atom. The summed E-state index contributed by atoms with van der Waals surface area (Å²) in [5.41, 5.74) is -0.559. The van der Waals surface area contributed by atoms with Crippen molar-refractivity contribution in [2.24, 2.45) is 5.92 Å². The molecular weight excluding hydrogens is 168 g/mol. The van der Waals surface area contributed by atoms with Crippen LogP contribution < -0.4 is 0 Å². The first-order chi connectivity index (χ1) is 5.90. The van der Waals surface area contributed by atoms with Gasteiger partial charge in [-0.3, -0.25) is 4.79 Å². The van der Waals surface area contributed by atoms with E-state index in [9.17, 15) is 9.59 Å². The van der Waals surface area contributed by atoms with Crippen LogP contribution in [0.3, 0.4) is 0 Å². The molecule has 3 heteroatoms. The van der Waals surface area contributed by atoms with Gasteiger partial charge in [0.2, 0.25) is 5.78 Å². The second kappa shape index (κ2) is 3.48. The molecule has 0 aliphatic heterocycles. The predicted molar refractivity (Wildman–Crippen MR) is 48.2 cm³/mol. The van der Waals surface area contributed by atoms with Crippen molar-refractivity contribution in [3.8, 4) is 0 Å². The Balaban J connectivity index is 2.43. The third-order valence-corrected chi connectivity index (χ3v) is 2.08. The van der Waals surface area contributed by atoms with Crippen LogP contribution in [0.4, 0.5) is 0 Å². The van der Waals surface area contributed by atoms with Crippen LogP contribution in [0.5, 0.6) is 0 Å². The summed E-state index contributed by atoms with van der Waals surface area (Å²) >= 11 is 0. The average molecular weight is 184 g/mol. The van der Waals surface area contributed by atoms with Crippen molar-refractivity contribution in [1.29, 1.82) is 0 Å². The average Bonchev–Trinajstić information content (AvgIpc) is 1.78. The normalized spacial score (nSPS) is 17.8. The molecule has 0 spiro atoms. The van der Waals surface area contributed by atoms with Gasteiger partial charge in [0.15, 0.2) is 0 Å². The molecule has 1 fully saturated rings. The van der Waals surface area contributed by atoms with Gasteiger partial charge in [0.25, 0.3) is 0 Å². The fraction of sp³-hybridized carbons (Fsp3) is 0.800. The lowest BCUT2D eigenvalue weighted by atomic mass is 9.82. The fourth-order valence-electron chi connectivity index (χ4n) is 1.17. The van der Waals surface area contributed by atoms with Crippen molar-refractivity contribution in [1.82, 2.24) is 0 Å². The predicted octanol–water partition coefficient (Wildman–Crippen LogP) is 1.70. The minimum atomic E-state index is -0.669. The lowest BCUT2D eigenvalue weighted by Crippen LogP contribution is -2.35. The molecule has 0 amide bonds. The minimum absolute atomic E-state index is 0.0603. The van der Waals surface area contributed by atoms with E-state index in [4.69, 9.17) is 4.74 Å². The van der Waals surface area contributed by atoms with Gasteiger partial charge in [0.05, 0.1) is 0 Å². The maximum atomic E-state index is 11.3. The van der Waals surface area contributed by atoms with Gasteiger partial charge in [-0.2, -0.15) is 0 Å². The molecule has 0 aromatic rings. The summed E-state index contributed by atoms with van der Waals surface area (Å²) in [6.45, 7) is 5.29. The number of carbonyl (C=O) groups is 2. The van der Waals surface area contributed by atoms with Crippen LogP contribution in [0.25, 0.3) is 0 Å². The summed E-state index contributed by atoms with van der Waals surface area (Å²) in [5.74, 6) is -1.08. The largest absolute Gasteiger partial charge is 0.454 e. The first-order valence-electron chi connectivity index (χ1n) is 4.67. The Labute approximate surface area is 78.5 Å². The highest BCUT2D eigenvalue weighted by atomic mass is 16.6. The summed E-state index contributed by atoms with van der Waals surface area (Å²) in [7, 11) is 0. The molecule has 0 unspecified atom stereocenters. The molecule has 0 radical (unpaired) electrons. The van der Waals surface area contributed by atoms with Crippen LogP contribution in [-0.4, -0.2) is 17.4 Å². The smallest absolute Gasteiger partial charge is 0.375 e. The maximum Gasteiger partial charge on any atom is 0.375 e. The van der Waals surface area contributed by atoms with Gasteiger partial charge in [-0.25, -0.2) is 4.79 Å². The molecule has 3 nitrogen and oxygen atoms in total. The van der Waals surface area contributed by atoms with Gasteiger partial charge < -0.3 is 4.74 Å². The van der Waals surface area contributed by atoms with Crippen molar-refractivity contribution in [3.05, 3.63) is 0 Å². The van der Waals surface area contributed by atoms with Crippen molar-refractivity contribution in [3.63, 3.8) is 0 Å². The number of hydrogen-bond donors (Lipinski definition) is 0. The van der Waals surface area contributed by atoms with Gasteiger partial charge in [-0.1, -0.05) is 6.42 Å². The Bertz CT molecular complexity index is 221. The second-order valence-electron chi connectivity index (χ2n) is 4.49. The van der Waals surface area contributed by atoms with E-state index < -0.39 is 11.6 Å². The monoisotopic (exact) mass is 184 g/mol. The van der Waals surface area contributed by atoms with Crippen molar-refractivity contribution >= 4 is 11.8 Å². The van der Waals surface area contributed by atoms with Gasteiger partial charge >= 0.3 is 5.97 Å². The summed E-state index contributed by atoms with van der Waals surface area (Å²) in [4.78, 5) is 22.5. The zero-order chi connectivity index (χ0) is 10.1. The van der Waals surface area contributed by atoms with E-state index in [2.05, 4.69) is 0 Å². The van der Waals surface area contributed by atoms with Crippen LogP contribution in [0.15, 0.2) is 0 Å². The van der Waals surface area contributed by atoms with Gasteiger partial charge in [-0.05, 0) is 33.6 Å². The van der Waals surface area contributed by atoms with E-state index in [1.54, 1.807) is 20.8 Å². The number of esters is 1. The van der Waals surface area contributed by atoms with Crippen LogP contribution in [-0.2, 0) is 14.3 Å². The first-order valence-corrected chi connectivity index (χ1v) is 4.67. The SMILES string of the molecule is CC(C)(C)OC(=O)C(=O)C1CCC1. The highest BCUT2D eigenvalue weighted by Crippen LogP contribution is 2.27. The quantitative estimate of drug-likeness (QED) is 0.484. The molecule has 0 aromatic carbocycles. The Morgan fingerprint density at radius 3 is 2.08 bits per heavy atom. The number of Topliss-reactive ketones (excluding diaryl/α,β-unsaturated/α-hetero) is 1. The lowest BCUT2D eigenvalue weighted by Gasteiger charge is -2.25. The topological polar surface area (TPSA) is 43.4 Å². The first kappa shape index (κ1) is 10.2. The van der Waals surface area contributed by atoms with E-state index in [-0.39, 0.29) is 11.7 Å². The molecule has 0 N–H and O–H groups in total. The molecule has 0 atom stereocenters. The molecule has 0 saturated heterocycles. The standard InChI is InChI=1S/C10H16O3/c1-10(2,3)13-9(12)8(11)7-5-4-6-7/h7H,4-6H2,1-3H3. The minimum Gasteiger partial charge on any atom is -0.454 e. The van der Waals surface area contributed by atoms with E-state index in [0.29, 0.717) is 0 Å². The number of ketones is 1. The molecule has 0 aromatic heterocycles. The number of hydrogen-bond acceptors (Lipinski definition) is 3. The molecule has 1 rings (SSSR count). The molecular formula is C10H16O3. The third kappa shape index (κ3) is 2.83. The van der Waals surface area contributed by atoms with Gasteiger partial charge in [-0.15, -0.1) is 0 Å². The maximum absolute atomic E-state index is 11.3. The summed E-state index contributed by atoms with van der Waals surface area (Å²) in [5, 5.41) is 0. The molecule has 1 aliphatic carbocycles. The number of rotatable bonds is 2. The van der Waals surface area contributed by atoms with E-state index in [0.717, 1.165) is 19.3 Å². The second-order valence-corrected chi connectivity index (χ2v) is 4.49.